The van der Waals surface area contributed by atoms with Crippen molar-refractivity contribution in [2.45, 2.75) is 26.2 Å². The highest BCUT2D eigenvalue weighted by atomic mass is 32.2. The molecule has 3 N–H and O–H groups in total. The monoisotopic (exact) mass is 305 g/mol. The van der Waals surface area contributed by atoms with Crippen molar-refractivity contribution < 1.29 is 15.3 Å². The van der Waals surface area contributed by atoms with Crippen LogP contribution < -0.4 is 5.73 Å². The second-order valence-electron chi connectivity index (χ2n) is 6.06. The molecule has 5 heteroatoms. The third-order valence-corrected chi connectivity index (χ3v) is 4.24. The summed E-state index contributed by atoms with van der Waals surface area (Å²) in [5, 5.41) is -0.207. The summed E-state index contributed by atoms with van der Waals surface area (Å²) in [7, 11) is 0. The number of carbonyl (C=O) groups excluding carboxylic acids is 2. The number of imide groups is 1. The zero-order valence-corrected chi connectivity index (χ0v) is 13.5. The van der Waals surface area contributed by atoms with Gasteiger partial charge in [0, 0.05) is 0 Å². The maximum absolute atomic E-state index is 12.1. The van der Waals surface area contributed by atoms with Gasteiger partial charge < -0.3 is 5.73 Å². The summed E-state index contributed by atoms with van der Waals surface area (Å²) in [6, 6.07) is 8.09. The molecule has 1 aromatic rings. The Morgan fingerprint density at radius 1 is 1.19 bits per heavy atom. The number of nitrogens with zero attached hydrogens (tertiary/aromatic N) is 1. The molecular weight excluding hydrogens is 284 g/mol. The summed E-state index contributed by atoms with van der Waals surface area (Å²) < 4.78 is 0. The zero-order chi connectivity index (χ0) is 15.6. The molecule has 0 aromatic heterocycles. The van der Waals surface area contributed by atoms with Crippen molar-refractivity contribution in [1.82, 2.24) is 4.90 Å². The molecular formula is C16H21N2O2S+. The smallest absolute Gasteiger partial charge is 0.293 e. The van der Waals surface area contributed by atoms with Gasteiger partial charge in [0.2, 0.25) is 0 Å². The lowest BCUT2D eigenvalue weighted by molar-refractivity contribution is -0.367. The van der Waals surface area contributed by atoms with E-state index in [2.05, 4.69) is 38.6 Å². The molecule has 1 aliphatic rings. The first-order valence-electron chi connectivity index (χ1n) is 6.98. The van der Waals surface area contributed by atoms with Crippen molar-refractivity contribution >= 4 is 29.0 Å². The molecule has 1 aromatic carbocycles. The van der Waals surface area contributed by atoms with Crippen molar-refractivity contribution in [3.8, 4) is 0 Å². The highest BCUT2D eigenvalue weighted by molar-refractivity contribution is 8.18. The highest BCUT2D eigenvalue weighted by Gasteiger charge is 2.34. The maximum Gasteiger partial charge on any atom is 0.293 e. The Kier molecular flexibility index (Phi) is 4.54. The minimum atomic E-state index is -0.214. The predicted octanol–water partition coefficient (Wildman–Crippen LogP) is 2.26. The van der Waals surface area contributed by atoms with Crippen LogP contribution in [0.5, 0.6) is 0 Å². The average Bonchev–Trinajstić information content (AvgIpc) is 2.66. The fourth-order valence-electron chi connectivity index (χ4n) is 2.08. The molecule has 1 saturated heterocycles. The van der Waals surface area contributed by atoms with E-state index in [1.807, 2.05) is 12.1 Å². The number of quaternary nitrogens is 1. The van der Waals surface area contributed by atoms with Gasteiger partial charge in [-0.05, 0) is 34.4 Å². The van der Waals surface area contributed by atoms with E-state index in [1.54, 1.807) is 6.08 Å². The van der Waals surface area contributed by atoms with Crippen LogP contribution in [-0.4, -0.2) is 29.1 Å². The third-order valence-electron chi connectivity index (χ3n) is 3.33. The summed E-state index contributed by atoms with van der Waals surface area (Å²) in [6.07, 6.45) is 1.78. The molecule has 2 rings (SSSR count). The predicted molar refractivity (Wildman–Crippen MR) is 85.6 cm³/mol. The maximum atomic E-state index is 12.1. The van der Waals surface area contributed by atoms with E-state index in [0.29, 0.717) is 18.0 Å². The summed E-state index contributed by atoms with van der Waals surface area (Å²) in [6.45, 7) is 7.39. The van der Waals surface area contributed by atoms with Gasteiger partial charge in [0.05, 0.1) is 18.0 Å². The van der Waals surface area contributed by atoms with Crippen LogP contribution in [0.1, 0.15) is 31.9 Å². The van der Waals surface area contributed by atoms with Gasteiger partial charge in [-0.25, -0.2) is 0 Å². The van der Waals surface area contributed by atoms with Crippen LogP contribution in [-0.2, 0) is 10.2 Å². The van der Waals surface area contributed by atoms with Crippen LogP contribution in [0.2, 0.25) is 0 Å². The first kappa shape index (κ1) is 15.8. The van der Waals surface area contributed by atoms with Gasteiger partial charge in [0.25, 0.3) is 11.1 Å². The molecule has 0 unspecified atom stereocenters. The largest absolute Gasteiger partial charge is 0.356 e. The highest BCUT2D eigenvalue weighted by Crippen LogP contribution is 2.32. The topological polar surface area (TPSA) is 65.0 Å². The molecule has 1 aliphatic heterocycles. The number of carbonyl (C=O) groups is 2. The Morgan fingerprint density at radius 3 is 2.33 bits per heavy atom. The SMILES string of the molecule is CC(C)(C)c1ccc(/C=C2/SC(=O)N(CC[NH3+])C2=O)cc1. The lowest BCUT2D eigenvalue weighted by Crippen LogP contribution is -2.55. The van der Waals surface area contributed by atoms with Gasteiger partial charge in [-0.2, -0.15) is 0 Å². The number of benzene rings is 1. The van der Waals surface area contributed by atoms with Crippen LogP contribution in [0, 0.1) is 0 Å². The van der Waals surface area contributed by atoms with E-state index in [0.717, 1.165) is 17.3 Å². The fraction of sp³-hybridized carbons (Fsp3) is 0.375. The normalized spacial score (nSPS) is 17.9. The van der Waals surface area contributed by atoms with E-state index >= 15 is 0 Å². The van der Waals surface area contributed by atoms with Gasteiger partial charge in [-0.15, -0.1) is 0 Å². The molecule has 4 nitrogen and oxygen atoms in total. The van der Waals surface area contributed by atoms with Crippen molar-refractivity contribution in [3.63, 3.8) is 0 Å². The molecule has 1 heterocycles. The van der Waals surface area contributed by atoms with Crippen LogP contribution in [0.3, 0.4) is 0 Å². The van der Waals surface area contributed by atoms with E-state index in [9.17, 15) is 9.59 Å². The van der Waals surface area contributed by atoms with E-state index in [-0.39, 0.29) is 16.6 Å². The van der Waals surface area contributed by atoms with Crippen LogP contribution in [0.4, 0.5) is 4.79 Å². The second-order valence-corrected chi connectivity index (χ2v) is 7.05. The number of hydrogen-bond acceptors (Lipinski definition) is 3. The quantitative estimate of drug-likeness (QED) is 0.871. The number of thioether (sulfide) groups is 1. The van der Waals surface area contributed by atoms with Gasteiger partial charge in [-0.3, -0.25) is 14.5 Å². The van der Waals surface area contributed by atoms with Crippen molar-refractivity contribution in [1.29, 1.82) is 0 Å². The molecule has 0 spiro atoms. The lowest BCUT2D eigenvalue weighted by atomic mass is 9.87. The number of rotatable bonds is 3. The van der Waals surface area contributed by atoms with E-state index in [1.165, 1.54) is 10.5 Å². The van der Waals surface area contributed by atoms with Crippen LogP contribution in [0.15, 0.2) is 29.2 Å². The zero-order valence-electron chi connectivity index (χ0n) is 12.7. The molecule has 112 valence electrons. The molecule has 0 aliphatic carbocycles. The Hall–Kier alpha value is -1.59. The van der Waals surface area contributed by atoms with E-state index in [4.69, 9.17) is 0 Å². The third kappa shape index (κ3) is 3.54. The summed E-state index contributed by atoms with van der Waals surface area (Å²) in [4.78, 5) is 25.6. The van der Waals surface area contributed by atoms with Crippen molar-refractivity contribution in [2.24, 2.45) is 0 Å². The van der Waals surface area contributed by atoms with Crippen molar-refractivity contribution in [2.75, 3.05) is 13.1 Å². The Balaban J connectivity index is 2.21. The van der Waals surface area contributed by atoms with Crippen LogP contribution in [0.25, 0.3) is 6.08 Å². The second kappa shape index (κ2) is 6.03. The number of amides is 2. The van der Waals surface area contributed by atoms with Crippen molar-refractivity contribution in [3.05, 3.63) is 40.3 Å². The average molecular weight is 305 g/mol. The summed E-state index contributed by atoms with van der Waals surface area (Å²) in [5.74, 6) is -0.214. The minimum absolute atomic E-state index is 0.102. The summed E-state index contributed by atoms with van der Waals surface area (Å²) >= 11 is 0.997. The molecule has 0 bridgehead atoms. The molecule has 2 amide bonds. The number of hydrogen-bond donors (Lipinski definition) is 1. The van der Waals surface area contributed by atoms with Crippen LogP contribution >= 0.6 is 11.8 Å². The fourth-order valence-corrected chi connectivity index (χ4v) is 2.95. The Bertz CT molecular complexity index is 585. The Labute approximate surface area is 129 Å². The van der Waals surface area contributed by atoms with Gasteiger partial charge in [0.15, 0.2) is 0 Å². The standard InChI is InChI=1S/C16H20N2O2S/c1-16(2,3)12-6-4-11(5-7-12)10-13-14(19)18(9-8-17)15(20)21-13/h4-7,10H,8-9,17H2,1-3H3/p+1/b13-10+. The first-order chi connectivity index (χ1) is 9.82. The lowest BCUT2D eigenvalue weighted by Gasteiger charge is -2.18. The molecule has 0 atom stereocenters. The molecule has 0 saturated carbocycles. The van der Waals surface area contributed by atoms with Gasteiger partial charge >= 0.3 is 0 Å². The molecule has 1 fully saturated rings. The first-order valence-corrected chi connectivity index (χ1v) is 7.80. The molecule has 21 heavy (non-hydrogen) atoms. The van der Waals surface area contributed by atoms with Gasteiger partial charge in [-0.1, -0.05) is 45.0 Å². The van der Waals surface area contributed by atoms with E-state index < -0.39 is 0 Å². The molecule has 0 radical (unpaired) electrons. The Morgan fingerprint density at radius 2 is 1.81 bits per heavy atom. The minimum Gasteiger partial charge on any atom is -0.356 e. The van der Waals surface area contributed by atoms with Gasteiger partial charge in [0.1, 0.15) is 0 Å². The summed E-state index contributed by atoms with van der Waals surface area (Å²) in [5.41, 5.74) is 5.96.